The number of anilines is 6. The molecule has 0 saturated heterocycles. The van der Waals surface area contributed by atoms with Gasteiger partial charge in [0, 0.05) is 39.5 Å². The molecule has 0 bridgehead atoms. The number of nitrogens with zero attached hydrogens (tertiary/aromatic N) is 2. The third-order valence-electron chi connectivity index (χ3n) is 20.8. The summed E-state index contributed by atoms with van der Waals surface area (Å²) in [5, 5.41) is 0. The molecular formula is C71H87BN2. The van der Waals surface area contributed by atoms with Gasteiger partial charge in [0.1, 0.15) is 0 Å². The first kappa shape index (κ1) is 49.8. The van der Waals surface area contributed by atoms with Gasteiger partial charge < -0.3 is 9.80 Å². The number of rotatable bonds is 2. The molecule has 4 aliphatic carbocycles. The van der Waals surface area contributed by atoms with Crippen LogP contribution in [0.4, 0.5) is 34.1 Å². The Morgan fingerprint density at radius 2 is 0.730 bits per heavy atom. The molecular weight excluding hydrogens is 892 g/mol. The molecule has 0 N–H and O–H groups in total. The summed E-state index contributed by atoms with van der Waals surface area (Å²) in [6, 6.07) is 38.7. The first-order valence-corrected chi connectivity index (χ1v) is 28.8. The molecule has 2 nitrogen and oxygen atoms in total. The van der Waals surface area contributed by atoms with Crippen LogP contribution in [-0.4, -0.2) is 6.71 Å². The van der Waals surface area contributed by atoms with Crippen LogP contribution >= 0.6 is 0 Å². The van der Waals surface area contributed by atoms with Gasteiger partial charge in [-0.2, -0.15) is 0 Å². The summed E-state index contributed by atoms with van der Waals surface area (Å²) in [6.45, 7) is 49.3. The smallest absolute Gasteiger partial charge is 0.252 e. The molecule has 6 aromatic carbocycles. The standard InChI is InChI=1S/C71H87BN2/c1-63(2,3)42-21-24-46-47-36-44(22-25-48(47)71(19,20)50(46)33-42)73-58-40-54-52(67(11,12)29-31-69(54,15)16)38-56(58)72-57-39-53-55(70(17,18)32-30-68(53,13)14)41-59(57)74(61-35-43(64(4,5)6)34-60(73)62(61)72)45-23-26-49-51(37-45)66(9,10)28-27-65(49,7)8/h21-26,33-41H,27-32H2,1-20H3. The summed E-state index contributed by atoms with van der Waals surface area (Å²) in [5.41, 5.74) is 30.0. The van der Waals surface area contributed by atoms with Crippen molar-refractivity contribution in [2.24, 2.45) is 0 Å². The molecule has 0 saturated carbocycles. The van der Waals surface area contributed by atoms with E-state index in [1.54, 1.807) is 0 Å². The van der Waals surface area contributed by atoms with E-state index < -0.39 is 0 Å². The predicted molar refractivity (Wildman–Crippen MR) is 321 cm³/mol. The average Bonchev–Trinajstić information content (AvgIpc) is 3.54. The number of hydrogen-bond acceptors (Lipinski definition) is 2. The summed E-state index contributed by atoms with van der Waals surface area (Å²) >= 11 is 0. The third kappa shape index (κ3) is 7.08. The maximum absolute atomic E-state index is 2.76. The normalized spacial score (nSPS) is 21.3. The Morgan fingerprint density at radius 1 is 0.338 bits per heavy atom. The Kier molecular flexibility index (Phi) is 10.2. The molecule has 0 unspecified atom stereocenters. The minimum atomic E-state index is -0.115. The van der Waals surface area contributed by atoms with Gasteiger partial charge in [0.2, 0.25) is 0 Å². The van der Waals surface area contributed by atoms with E-state index >= 15 is 0 Å². The quantitative estimate of drug-likeness (QED) is 0.159. The van der Waals surface area contributed by atoms with Gasteiger partial charge in [0.25, 0.3) is 6.71 Å². The van der Waals surface area contributed by atoms with E-state index in [1.807, 2.05) is 0 Å². The van der Waals surface area contributed by atoms with Gasteiger partial charge in [-0.3, -0.25) is 0 Å². The number of hydrogen-bond donors (Lipinski definition) is 0. The zero-order valence-electron chi connectivity index (χ0n) is 49.4. The molecule has 0 radical (unpaired) electrons. The minimum absolute atomic E-state index is 0.0423. The van der Waals surface area contributed by atoms with Gasteiger partial charge in [-0.25, -0.2) is 0 Å². The second kappa shape index (κ2) is 15.1. The molecule has 6 aromatic rings. The lowest BCUT2D eigenvalue weighted by Gasteiger charge is -2.49. The Bertz CT molecular complexity index is 3410. The number of benzene rings is 6. The second-order valence-electron chi connectivity index (χ2n) is 31.1. The topological polar surface area (TPSA) is 6.48 Å². The molecule has 384 valence electrons. The van der Waals surface area contributed by atoms with Gasteiger partial charge in [0.15, 0.2) is 0 Å². The van der Waals surface area contributed by atoms with E-state index in [0.717, 1.165) is 0 Å². The van der Waals surface area contributed by atoms with Crippen molar-refractivity contribution in [1.29, 1.82) is 0 Å². The number of fused-ring (bicyclic) bond motifs is 10. The molecule has 6 aliphatic rings. The van der Waals surface area contributed by atoms with Crippen LogP contribution in [-0.2, 0) is 48.7 Å². The van der Waals surface area contributed by atoms with E-state index in [2.05, 4.69) is 239 Å². The van der Waals surface area contributed by atoms with Gasteiger partial charge in [-0.05, 0) is 214 Å². The molecule has 2 heterocycles. The molecule has 12 rings (SSSR count). The fraction of sp³-hybridized carbons (Fsp3) is 0.493. The monoisotopic (exact) mass is 979 g/mol. The van der Waals surface area contributed by atoms with Crippen LogP contribution in [0.1, 0.15) is 233 Å². The first-order valence-electron chi connectivity index (χ1n) is 28.8. The van der Waals surface area contributed by atoms with Crippen LogP contribution in [0.5, 0.6) is 0 Å². The highest BCUT2D eigenvalue weighted by atomic mass is 15.2. The van der Waals surface area contributed by atoms with Crippen LogP contribution in [0.25, 0.3) is 11.1 Å². The SMILES string of the molecule is CC(C)(C)c1cc2c3c(c1)N(c1ccc4c(c1)C(C)(C)CCC4(C)C)c1cc4c(cc1B3c1cc3c(cc1N2c1ccc2c(c1)-c1ccc(C(C)(C)C)cc1C2(C)C)C(C)(C)CCC3(C)C)C(C)(C)CCC4(C)C. The van der Waals surface area contributed by atoms with Crippen molar-refractivity contribution in [3.05, 3.63) is 147 Å². The van der Waals surface area contributed by atoms with Crippen molar-refractivity contribution in [2.75, 3.05) is 9.80 Å². The molecule has 0 atom stereocenters. The lowest BCUT2D eigenvalue weighted by atomic mass is 9.32. The summed E-state index contributed by atoms with van der Waals surface area (Å²) in [5.74, 6) is 0. The van der Waals surface area contributed by atoms with Crippen LogP contribution in [0, 0.1) is 0 Å². The van der Waals surface area contributed by atoms with E-state index in [9.17, 15) is 0 Å². The summed E-state index contributed by atoms with van der Waals surface area (Å²) < 4.78 is 0. The highest BCUT2D eigenvalue weighted by Crippen LogP contribution is 2.57. The van der Waals surface area contributed by atoms with Crippen molar-refractivity contribution in [2.45, 2.75) is 226 Å². The zero-order chi connectivity index (χ0) is 53.2. The molecule has 2 aliphatic heterocycles. The van der Waals surface area contributed by atoms with Crippen LogP contribution < -0.4 is 26.2 Å². The van der Waals surface area contributed by atoms with Crippen LogP contribution in [0.15, 0.2) is 91.0 Å². The van der Waals surface area contributed by atoms with E-state index in [0.29, 0.717) is 0 Å². The Labute approximate surface area is 448 Å². The highest BCUT2D eigenvalue weighted by molar-refractivity contribution is 7.00. The Balaban J connectivity index is 1.22. The van der Waals surface area contributed by atoms with Crippen molar-refractivity contribution in [1.82, 2.24) is 0 Å². The Morgan fingerprint density at radius 3 is 1.18 bits per heavy atom. The van der Waals surface area contributed by atoms with Gasteiger partial charge in [-0.15, -0.1) is 0 Å². The highest BCUT2D eigenvalue weighted by Gasteiger charge is 2.50. The zero-order valence-corrected chi connectivity index (χ0v) is 49.4. The van der Waals surface area contributed by atoms with E-state index in [4.69, 9.17) is 0 Å². The van der Waals surface area contributed by atoms with E-state index in [-0.39, 0.29) is 55.4 Å². The van der Waals surface area contributed by atoms with Gasteiger partial charge in [0.05, 0.1) is 0 Å². The van der Waals surface area contributed by atoms with E-state index in [1.165, 1.54) is 156 Å². The largest absolute Gasteiger partial charge is 0.311 e. The molecule has 3 heteroatoms. The summed E-state index contributed by atoms with van der Waals surface area (Å²) in [6.07, 6.45) is 7.11. The molecule has 0 amide bonds. The summed E-state index contributed by atoms with van der Waals surface area (Å²) in [4.78, 5) is 5.51. The van der Waals surface area contributed by atoms with Crippen LogP contribution in [0.3, 0.4) is 0 Å². The molecule has 0 aromatic heterocycles. The fourth-order valence-corrected chi connectivity index (χ4v) is 15.2. The van der Waals surface area contributed by atoms with Crippen molar-refractivity contribution < 1.29 is 0 Å². The first-order chi connectivity index (χ1) is 34.1. The van der Waals surface area contributed by atoms with Gasteiger partial charge >= 0.3 is 0 Å². The molecule has 0 spiro atoms. The third-order valence-corrected chi connectivity index (χ3v) is 20.8. The lowest BCUT2D eigenvalue weighted by Crippen LogP contribution is -2.62. The molecule has 74 heavy (non-hydrogen) atoms. The van der Waals surface area contributed by atoms with Crippen molar-refractivity contribution in [3.8, 4) is 11.1 Å². The van der Waals surface area contributed by atoms with Crippen LogP contribution in [0.2, 0.25) is 0 Å². The lowest BCUT2D eigenvalue weighted by molar-refractivity contribution is 0.332. The maximum Gasteiger partial charge on any atom is 0.252 e. The fourth-order valence-electron chi connectivity index (χ4n) is 15.2. The summed E-state index contributed by atoms with van der Waals surface area (Å²) in [7, 11) is 0. The van der Waals surface area contributed by atoms with Crippen molar-refractivity contribution in [3.63, 3.8) is 0 Å². The minimum Gasteiger partial charge on any atom is -0.311 e. The Hall–Kier alpha value is -5.02. The van der Waals surface area contributed by atoms with Gasteiger partial charge in [-0.1, -0.05) is 181 Å². The second-order valence-corrected chi connectivity index (χ2v) is 31.1. The average molecular weight is 979 g/mol. The van der Waals surface area contributed by atoms with Crippen molar-refractivity contribution >= 4 is 57.2 Å². The maximum atomic E-state index is 2.76. The predicted octanol–water partition coefficient (Wildman–Crippen LogP) is 17.7. The molecule has 0 fully saturated rings.